The fraction of sp³-hybridized carbons (Fsp3) is 0.429. The number of aryl methyl sites for hydroxylation is 1. The van der Waals surface area contributed by atoms with E-state index in [2.05, 4.69) is 49.7 Å². The zero-order valence-electron chi connectivity index (χ0n) is 10.3. The van der Waals surface area contributed by atoms with Gasteiger partial charge in [0.25, 0.3) is 0 Å². The van der Waals surface area contributed by atoms with Crippen molar-refractivity contribution < 1.29 is 0 Å². The molecule has 2 heteroatoms. The van der Waals surface area contributed by atoms with Gasteiger partial charge in [-0.25, -0.2) is 0 Å². The number of nitrogens with zero attached hydrogens (tertiary/aromatic N) is 1. The van der Waals surface area contributed by atoms with E-state index < -0.39 is 0 Å². The minimum atomic E-state index is 0.496. The molecule has 0 aliphatic rings. The van der Waals surface area contributed by atoms with Gasteiger partial charge in [0, 0.05) is 23.1 Å². The fourth-order valence-corrected chi connectivity index (χ4v) is 2.36. The molecule has 0 amide bonds. The molecule has 86 valence electrons. The Hall–Kier alpha value is -1.28. The summed E-state index contributed by atoms with van der Waals surface area (Å²) in [6, 6.07) is 6.99. The van der Waals surface area contributed by atoms with E-state index in [9.17, 15) is 0 Å². The van der Waals surface area contributed by atoms with Crippen LogP contribution in [-0.4, -0.2) is 11.1 Å². The minimum absolute atomic E-state index is 0.496. The van der Waals surface area contributed by atoms with E-state index in [-0.39, 0.29) is 0 Å². The van der Waals surface area contributed by atoms with Crippen LogP contribution in [0.3, 0.4) is 0 Å². The Morgan fingerprint density at radius 3 is 2.69 bits per heavy atom. The summed E-state index contributed by atoms with van der Waals surface area (Å²) in [6.07, 6.45) is 3.22. The highest BCUT2D eigenvalue weighted by molar-refractivity contribution is 5.87. The molecule has 1 aromatic carbocycles. The maximum Gasteiger partial charge on any atom is 0.0488 e. The van der Waals surface area contributed by atoms with Crippen LogP contribution in [-0.2, 0) is 6.42 Å². The van der Waals surface area contributed by atoms with Gasteiger partial charge in [0.15, 0.2) is 0 Å². The lowest BCUT2D eigenvalue weighted by molar-refractivity contribution is 0.621. The average molecular weight is 216 g/mol. The first-order valence-corrected chi connectivity index (χ1v) is 5.94. The lowest BCUT2D eigenvalue weighted by atomic mass is 10.1. The lowest BCUT2D eigenvalue weighted by Crippen LogP contribution is -2.02. The first-order chi connectivity index (χ1) is 7.65. The SMILES string of the molecule is Cc1cccc2c1c(CCN)cn2C(C)C. The molecule has 0 unspecified atom stereocenters. The molecule has 0 radical (unpaired) electrons. The molecule has 2 aromatic rings. The van der Waals surface area contributed by atoms with E-state index in [1.54, 1.807) is 0 Å². The van der Waals surface area contributed by atoms with E-state index in [0.717, 1.165) is 6.42 Å². The molecule has 2 rings (SSSR count). The first kappa shape index (κ1) is 11.2. The number of rotatable bonds is 3. The van der Waals surface area contributed by atoms with Gasteiger partial charge in [-0.15, -0.1) is 0 Å². The fourth-order valence-electron chi connectivity index (χ4n) is 2.36. The van der Waals surface area contributed by atoms with Crippen molar-refractivity contribution in [3.05, 3.63) is 35.5 Å². The molecule has 0 fully saturated rings. The Morgan fingerprint density at radius 2 is 2.06 bits per heavy atom. The van der Waals surface area contributed by atoms with E-state index >= 15 is 0 Å². The molecule has 0 atom stereocenters. The van der Waals surface area contributed by atoms with Crippen LogP contribution in [0.5, 0.6) is 0 Å². The number of aromatic nitrogens is 1. The highest BCUT2D eigenvalue weighted by Gasteiger charge is 2.11. The van der Waals surface area contributed by atoms with Crippen molar-refractivity contribution in [2.24, 2.45) is 5.73 Å². The van der Waals surface area contributed by atoms with Crippen molar-refractivity contribution >= 4 is 10.9 Å². The predicted molar refractivity (Wildman–Crippen MR) is 69.8 cm³/mol. The van der Waals surface area contributed by atoms with E-state index in [4.69, 9.17) is 5.73 Å². The Bertz CT molecular complexity index is 495. The molecular weight excluding hydrogens is 196 g/mol. The number of hydrogen-bond acceptors (Lipinski definition) is 1. The van der Waals surface area contributed by atoms with Gasteiger partial charge in [0.1, 0.15) is 0 Å². The maximum absolute atomic E-state index is 5.68. The topological polar surface area (TPSA) is 30.9 Å². The Labute approximate surface area is 97.1 Å². The van der Waals surface area contributed by atoms with Crippen LogP contribution in [0.1, 0.15) is 31.0 Å². The van der Waals surface area contributed by atoms with Gasteiger partial charge < -0.3 is 10.3 Å². The smallest absolute Gasteiger partial charge is 0.0488 e. The molecule has 1 heterocycles. The van der Waals surface area contributed by atoms with Crippen LogP contribution in [0.25, 0.3) is 10.9 Å². The van der Waals surface area contributed by atoms with Crippen molar-refractivity contribution in [1.29, 1.82) is 0 Å². The third-order valence-corrected chi connectivity index (χ3v) is 3.12. The molecule has 0 aliphatic carbocycles. The predicted octanol–water partition coefficient (Wildman–Crippen LogP) is 3.03. The minimum Gasteiger partial charge on any atom is -0.345 e. The van der Waals surface area contributed by atoms with Crippen molar-refractivity contribution in [1.82, 2.24) is 4.57 Å². The summed E-state index contributed by atoms with van der Waals surface area (Å²) in [6.45, 7) is 7.32. The average Bonchev–Trinajstić information content (AvgIpc) is 2.59. The first-order valence-electron chi connectivity index (χ1n) is 5.94. The second kappa shape index (κ2) is 4.30. The third-order valence-electron chi connectivity index (χ3n) is 3.12. The normalized spacial score (nSPS) is 11.6. The molecule has 2 nitrogen and oxygen atoms in total. The molecule has 0 spiro atoms. The van der Waals surface area contributed by atoms with Gasteiger partial charge >= 0.3 is 0 Å². The standard InChI is InChI=1S/C14H20N2/c1-10(2)16-9-12(7-8-15)14-11(3)5-4-6-13(14)16/h4-6,9-10H,7-8,15H2,1-3H3. The Kier molecular flexibility index (Phi) is 3.01. The van der Waals surface area contributed by atoms with Gasteiger partial charge in [0.05, 0.1) is 0 Å². The molecule has 0 saturated heterocycles. The number of fused-ring (bicyclic) bond motifs is 1. The Balaban J connectivity index is 2.71. The molecule has 0 aliphatic heterocycles. The van der Waals surface area contributed by atoms with Crippen LogP contribution < -0.4 is 5.73 Å². The van der Waals surface area contributed by atoms with Gasteiger partial charge in [-0.2, -0.15) is 0 Å². The maximum atomic E-state index is 5.68. The van der Waals surface area contributed by atoms with Crippen LogP contribution >= 0.6 is 0 Å². The van der Waals surface area contributed by atoms with Crippen LogP contribution in [0.15, 0.2) is 24.4 Å². The summed E-state index contributed by atoms with van der Waals surface area (Å²) < 4.78 is 2.34. The number of benzene rings is 1. The largest absolute Gasteiger partial charge is 0.345 e. The second-order valence-corrected chi connectivity index (χ2v) is 4.66. The summed E-state index contributed by atoms with van der Waals surface area (Å²) >= 11 is 0. The van der Waals surface area contributed by atoms with E-state index in [1.165, 1.54) is 22.0 Å². The van der Waals surface area contributed by atoms with E-state index in [1.807, 2.05) is 0 Å². The Morgan fingerprint density at radius 1 is 1.31 bits per heavy atom. The van der Waals surface area contributed by atoms with Gasteiger partial charge in [-0.3, -0.25) is 0 Å². The summed E-state index contributed by atoms with van der Waals surface area (Å²) in [5, 5.41) is 1.39. The van der Waals surface area contributed by atoms with Gasteiger partial charge in [-0.1, -0.05) is 12.1 Å². The zero-order chi connectivity index (χ0) is 11.7. The van der Waals surface area contributed by atoms with Gasteiger partial charge in [-0.05, 0) is 50.9 Å². The second-order valence-electron chi connectivity index (χ2n) is 4.66. The van der Waals surface area contributed by atoms with Crippen molar-refractivity contribution in [3.8, 4) is 0 Å². The molecule has 16 heavy (non-hydrogen) atoms. The molecule has 0 saturated carbocycles. The summed E-state index contributed by atoms with van der Waals surface area (Å²) in [5.74, 6) is 0. The molecule has 1 aromatic heterocycles. The van der Waals surface area contributed by atoms with Gasteiger partial charge in [0.2, 0.25) is 0 Å². The summed E-state index contributed by atoms with van der Waals surface area (Å²) in [5.41, 5.74) is 9.74. The zero-order valence-corrected chi connectivity index (χ0v) is 10.3. The van der Waals surface area contributed by atoms with Crippen LogP contribution in [0, 0.1) is 6.92 Å². The van der Waals surface area contributed by atoms with Crippen LogP contribution in [0.4, 0.5) is 0 Å². The quantitative estimate of drug-likeness (QED) is 0.840. The number of nitrogens with two attached hydrogens (primary N) is 1. The third kappa shape index (κ3) is 1.74. The van der Waals surface area contributed by atoms with Crippen LogP contribution in [0.2, 0.25) is 0 Å². The monoisotopic (exact) mass is 216 g/mol. The van der Waals surface area contributed by atoms with E-state index in [0.29, 0.717) is 12.6 Å². The molecular formula is C14H20N2. The summed E-state index contributed by atoms with van der Waals surface area (Å²) in [7, 11) is 0. The number of hydrogen-bond donors (Lipinski definition) is 1. The molecule has 2 N–H and O–H groups in total. The van der Waals surface area contributed by atoms with Crippen molar-refractivity contribution in [3.63, 3.8) is 0 Å². The molecule has 0 bridgehead atoms. The van der Waals surface area contributed by atoms with Crippen molar-refractivity contribution in [2.45, 2.75) is 33.2 Å². The highest BCUT2D eigenvalue weighted by atomic mass is 15.0. The van der Waals surface area contributed by atoms with Crippen molar-refractivity contribution in [2.75, 3.05) is 6.54 Å². The summed E-state index contributed by atoms with van der Waals surface area (Å²) in [4.78, 5) is 0. The highest BCUT2D eigenvalue weighted by Crippen LogP contribution is 2.27. The lowest BCUT2D eigenvalue weighted by Gasteiger charge is -2.09.